The van der Waals surface area contributed by atoms with Crippen LogP contribution < -0.4 is 5.32 Å². The molecule has 35 heavy (non-hydrogen) atoms. The van der Waals surface area contributed by atoms with Crippen LogP contribution in [0.25, 0.3) is 39.1 Å². The lowest BCUT2D eigenvalue weighted by molar-refractivity contribution is 0.898. The van der Waals surface area contributed by atoms with E-state index in [1.165, 1.54) is 0 Å². The summed E-state index contributed by atoms with van der Waals surface area (Å²) in [7, 11) is 0. The predicted octanol–water partition coefficient (Wildman–Crippen LogP) is 6.16. The number of hydrogen-bond acceptors (Lipinski definition) is 5. The molecule has 5 rings (SSSR count). The molecular weight excluding hydrogens is 434 g/mol. The van der Waals surface area contributed by atoms with E-state index < -0.39 is 0 Å². The van der Waals surface area contributed by atoms with Gasteiger partial charge in [0.2, 0.25) is 0 Å². The number of aromatic amines is 2. The molecular formula is C28H27N7. The molecule has 0 aliphatic carbocycles. The van der Waals surface area contributed by atoms with Crippen molar-refractivity contribution in [3.63, 3.8) is 0 Å². The first-order valence-electron chi connectivity index (χ1n) is 11.5. The van der Waals surface area contributed by atoms with Gasteiger partial charge >= 0.3 is 0 Å². The number of anilines is 1. The Hall–Kier alpha value is -4.52. The zero-order chi connectivity index (χ0) is 24.4. The first-order chi connectivity index (χ1) is 17.0. The molecule has 0 spiro atoms. The van der Waals surface area contributed by atoms with Crippen LogP contribution in [0.15, 0.2) is 79.9 Å². The Morgan fingerprint density at radius 2 is 1.94 bits per heavy atom. The number of allylic oxidation sites excluding steroid dienone is 2. The minimum Gasteiger partial charge on any atom is -0.382 e. The maximum atomic E-state index is 4.94. The van der Waals surface area contributed by atoms with Gasteiger partial charge < -0.3 is 10.3 Å². The van der Waals surface area contributed by atoms with E-state index in [9.17, 15) is 0 Å². The van der Waals surface area contributed by atoms with Crippen LogP contribution in [-0.4, -0.2) is 36.2 Å². The second kappa shape index (κ2) is 9.38. The van der Waals surface area contributed by atoms with Gasteiger partial charge in [0, 0.05) is 58.6 Å². The maximum Gasteiger partial charge on any atom is 0.159 e. The van der Waals surface area contributed by atoms with E-state index in [2.05, 4.69) is 69.1 Å². The molecule has 0 aliphatic heterocycles. The van der Waals surface area contributed by atoms with Crippen molar-refractivity contribution in [2.75, 3.05) is 5.32 Å². The summed E-state index contributed by atoms with van der Waals surface area (Å²) >= 11 is 0. The fraction of sp³-hybridized carbons (Fsp3) is 0.143. The smallest absolute Gasteiger partial charge is 0.159 e. The lowest BCUT2D eigenvalue weighted by atomic mass is 10.0. The molecule has 0 saturated heterocycles. The van der Waals surface area contributed by atoms with Crippen molar-refractivity contribution in [3.05, 3.63) is 96.9 Å². The molecule has 1 aromatic carbocycles. The van der Waals surface area contributed by atoms with Crippen LogP contribution in [0.2, 0.25) is 0 Å². The largest absolute Gasteiger partial charge is 0.382 e. The molecule has 7 heteroatoms. The van der Waals surface area contributed by atoms with E-state index in [1.54, 1.807) is 12.3 Å². The summed E-state index contributed by atoms with van der Waals surface area (Å²) in [6.45, 7) is 10.1. The van der Waals surface area contributed by atoms with Gasteiger partial charge in [-0.25, -0.2) is 4.98 Å². The highest BCUT2D eigenvalue weighted by atomic mass is 15.1. The van der Waals surface area contributed by atoms with Gasteiger partial charge in [-0.2, -0.15) is 5.10 Å². The lowest BCUT2D eigenvalue weighted by Gasteiger charge is -2.11. The van der Waals surface area contributed by atoms with Crippen molar-refractivity contribution in [2.24, 2.45) is 0 Å². The number of aromatic nitrogens is 6. The van der Waals surface area contributed by atoms with E-state index in [4.69, 9.17) is 4.98 Å². The minimum atomic E-state index is 0.332. The van der Waals surface area contributed by atoms with Crippen molar-refractivity contribution in [2.45, 2.75) is 26.8 Å². The number of hydrogen-bond donors (Lipinski definition) is 3. The van der Waals surface area contributed by atoms with Gasteiger partial charge in [-0.3, -0.25) is 15.1 Å². The number of benzene rings is 1. The molecule has 0 unspecified atom stereocenters. The third kappa shape index (κ3) is 4.48. The van der Waals surface area contributed by atoms with E-state index in [1.807, 2.05) is 49.8 Å². The fourth-order valence-corrected chi connectivity index (χ4v) is 4.17. The van der Waals surface area contributed by atoms with Crippen LogP contribution in [-0.2, 0) is 0 Å². The number of imidazole rings is 1. The zero-order valence-electron chi connectivity index (χ0n) is 20.0. The molecule has 0 atom stereocenters. The predicted molar refractivity (Wildman–Crippen MR) is 142 cm³/mol. The fourth-order valence-electron chi connectivity index (χ4n) is 4.17. The molecule has 5 aromatic rings. The number of nitrogens with zero attached hydrogens (tertiary/aromatic N) is 4. The van der Waals surface area contributed by atoms with Gasteiger partial charge in [-0.15, -0.1) is 0 Å². The first-order valence-corrected chi connectivity index (χ1v) is 11.5. The normalized spacial score (nSPS) is 11.8. The average molecular weight is 462 g/mol. The Morgan fingerprint density at radius 3 is 2.71 bits per heavy atom. The van der Waals surface area contributed by atoms with Crippen molar-refractivity contribution >= 4 is 22.2 Å². The van der Waals surface area contributed by atoms with E-state index in [0.29, 0.717) is 11.9 Å². The number of fused-ring (bicyclic) bond motifs is 1. The second-order valence-corrected chi connectivity index (χ2v) is 8.71. The SMILES string of the molecule is C=C/C=C(/c1cccnc1)c1nc(-c2n[nH]c3ccc(-c4cncc(NC(C)C)c4)cc23)[nH]c1C. The molecule has 0 fully saturated rings. The monoisotopic (exact) mass is 461 g/mol. The summed E-state index contributed by atoms with van der Waals surface area (Å²) in [5, 5.41) is 12.1. The summed E-state index contributed by atoms with van der Waals surface area (Å²) in [4.78, 5) is 17.0. The number of aryl methyl sites for hydroxylation is 1. The molecule has 7 nitrogen and oxygen atoms in total. The number of rotatable bonds is 7. The van der Waals surface area contributed by atoms with Gasteiger partial charge in [0.1, 0.15) is 5.69 Å². The van der Waals surface area contributed by atoms with Crippen LogP contribution in [0.1, 0.15) is 30.8 Å². The zero-order valence-corrected chi connectivity index (χ0v) is 20.0. The van der Waals surface area contributed by atoms with E-state index >= 15 is 0 Å². The maximum absolute atomic E-state index is 4.94. The Bertz CT molecular complexity index is 1520. The molecule has 174 valence electrons. The van der Waals surface area contributed by atoms with Crippen molar-refractivity contribution in [3.8, 4) is 22.6 Å². The van der Waals surface area contributed by atoms with Crippen molar-refractivity contribution in [1.82, 2.24) is 30.1 Å². The highest BCUT2D eigenvalue weighted by Crippen LogP contribution is 2.32. The van der Waals surface area contributed by atoms with Crippen LogP contribution in [0, 0.1) is 6.92 Å². The standard InChI is InChI=1S/C28H27N7/c1-5-7-23(20-8-6-11-29-14-20)26-18(4)32-28(33-26)27-24-13-19(9-10-25(24)34-35-27)21-12-22(16-30-15-21)31-17(2)3/h5-17,31H,1H2,2-4H3,(H,32,33)(H,34,35)/b23-7-. The summed E-state index contributed by atoms with van der Waals surface area (Å²) in [5.41, 5.74) is 8.52. The molecule has 4 aromatic heterocycles. The van der Waals surface area contributed by atoms with Gasteiger partial charge in [-0.05, 0) is 50.6 Å². The third-order valence-corrected chi connectivity index (χ3v) is 5.71. The van der Waals surface area contributed by atoms with Gasteiger partial charge in [0.05, 0.1) is 16.9 Å². The van der Waals surface area contributed by atoms with Crippen LogP contribution in [0.5, 0.6) is 0 Å². The summed E-state index contributed by atoms with van der Waals surface area (Å²) < 4.78 is 0. The number of H-pyrrole nitrogens is 2. The topological polar surface area (TPSA) is 95.2 Å². The molecule has 0 amide bonds. The highest BCUT2D eigenvalue weighted by molar-refractivity contribution is 5.95. The van der Waals surface area contributed by atoms with Crippen LogP contribution in [0.3, 0.4) is 0 Å². The first kappa shape index (κ1) is 22.3. The summed E-state index contributed by atoms with van der Waals surface area (Å²) in [6.07, 6.45) is 11.0. The summed E-state index contributed by atoms with van der Waals surface area (Å²) in [6, 6.07) is 12.6. The quantitative estimate of drug-likeness (QED) is 0.252. The van der Waals surface area contributed by atoms with Crippen molar-refractivity contribution < 1.29 is 0 Å². The Morgan fingerprint density at radius 1 is 1.06 bits per heavy atom. The van der Waals surface area contributed by atoms with Gasteiger partial charge in [0.15, 0.2) is 5.82 Å². The highest BCUT2D eigenvalue weighted by Gasteiger charge is 2.18. The Kier molecular flexibility index (Phi) is 5.97. The van der Waals surface area contributed by atoms with E-state index in [-0.39, 0.29) is 0 Å². The third-order valence-electron chi connectivity index (χ3n) is 5.71. The average Bonchev–Trinajstić information content (AvgIpc) is 3.45. The van der Waals surface area contributed by atoms with E-state index in [0.717, 1.165) is 55.9 Å². The minimum absolute atomic E-state index is 0.332. The summed E-state index contributed by atoms with van der Waals surface area (Å²) in [5.74, 6) is 0.702. The molecule has 3 N–H and O–H groups in total. The number of nitrogens with one attached hydrogen (secondary N) is 3. The molecule has 0 radical (unpaired) electrons. The van der Waals surface area contributed by atoms with Gasteiger partial charge in [0.25, 0.3) is 0 Å². The Balaban J connectivity index is 1.57. The molecule has 4 heterocycles. The molecule has 0 aliphatic rings. The molecule has 0 bridgehead atoms. The van der Waals surface area contributed by atoms with Crippen LogP contribution in [0.4, 0.5) is 5.69 Å². The van der Waals surface area contributed by atoms with Gasteiger partial charge in [-0.1, -0.05) is 30.9 Å². The lowest BCUT2D eigenvalue weighted by Crippen LogP contribution is -2.09. The van der Waals surface area contributed by atoms with Crippen LogP contribution >= 0.6 is 0 Å². The second-order valence-electron chi connectivity index (χ2n) is 8.71. The Labute approximate surface area is 204 Å². The molecule has 0 saturated carbocycles. The number of pyridine rings is 2. The van der Waals surface area contributed by atoms with Crippen molar-refractivity contribution in [1.29, 1.82) is 0 Å².